The first-order valence-electron chi connectivity index (χ1n) is 6.01. The van der Waals surface area contributed by atoms with Crippen molar-refractivity contribution in [1.29, 1.82) is 0 Å². The molecule has 0 aliphatic carbocycles. The van der Waals surface area contributed by atoms with Gasteiger partial charge in [-0.3, -0.25) is 0 Å². The van der Waals surface area contributed by atoms with Crippen LogP contribution in [0.5, 0.6) is 0 Å². The number of nitrogens with zero attached hydrogens (tertiary/aromatic N) is 3. The molecule has 1 aromatic heterocycles. The van der Waals surface area contributed by atoms with E-state index in [4.69, 9.17) is 23.2 Å². The summed E-state index contributed by atoms with van der Waals surface area (Å²) in [4.78, 5) is 0. The summed E-state index contributed by atoms with van der Waals surface area (Å²) in [6, 6.07) is 5.33. The van der Waals surface area contributed by atoms with Crippen molar-refractivity contribution >= 4 is 23.2 Å². The number of aliphatic hydroxyl groups excluding tert-OH is 1. The Kier molecular flexibility index (Phi) is 4.45. The topological polar surface area (TPSA) is 50.9 Å². The molecule has 102 valence electrons. The van der Waals surface area contributed by atoms with Gasteiger partial charge in [-0.25, -0.2) is 0 Å². The fraction of sp³-hybridized carbons (Fsp3) is 0.385. The largest absolute Gasteiger partial charge is 0.388 e. The smallest absolute Gasteiger partial charge is 0.164 e. The third-order valence-corrected chi connectivity index (χ3v) is 3.43. The molecule has 0 aliphatic heterocycles. The van der Waals surface area contributed by atoms with Gasteiger partial charge < -0.3 is 9.67 Å². The Hall–Kier alpha value is -1.10. The monoisotopic (exact) mass is 299 g/mol. The molecule has 19 heavy (non-hydrogen) atoms. The van der Waals surface area contributed by atoms with Gasteiger partial charge in [-0.2, -0.15) is 0 Å². The lowest BCUT2D eigenvalue weighted by molar-refractivity contribution is 0.262. The lowest BCUT2D eigenvalue weighted by Gasteiger charge is -2.12. The lowest BCUT2D eigenvalue weighted by atomic mass is 10.2. The number of rotatable bonds is 4. The zero-order valence-corrected chi connectivity index (χ0v) is 12.3. The number of hydrogen-bond acceptors (Lipinski definition) is 3. The average Bonchev–Trinajstić information content (AvgIpc) is 2.75. The maximum absolute atomic E-state index is 9.32. The second kappa shape index (κ2) is 5.90. The van der Waals surface area contributed by atoms with Crippen LogP contribution < -0.4 is 0 Å². The number of aliphatic hydroxyl groups is 1. The Morgan fingerprint density at radius 3 is 2.53 bits per heavy atom. The maximum atomic E-state index is 9.32. The number of aromatic nitrogens is 3. The second-order valence-corrected chi connectivity index (χ2v) is 5.55. The van der Waals surface area contributed by atoms with Crippen LogP contribution in [-0.4, -0.2) is 19.9 Å². The van der Waals surface area contributed by atoms with Gasteiger partial charge in [-0.15, -0.1) is 10.2 Å². The van der Waals surface area contributed by atoms with E-state index in [1.807, 2.05) is 10.6 Å². The summed E-state index contributed by atoms with van der Waals surface area (Å²) in [6.45, 7) is 4.79. The van der Waals surface area contributed by atoms with Crippen molar-refractivity contribution in [3.63, 3.8) is 0 Å². The average molecular weight is 300 g/mol. The highest BCUT2D eigenvalue weighted by Gasteiger charge is 2.15. The summed E-state index contributed by atoms with van der Waals surface area (Å²) in [5.41, 5.74) is 0.835. The minimum absolute atomic E-state index is 0.138. The summed E-state index contributed by atoms with van der Waals surface area (Å²) >= 11 is 11.9. The first-order chi connectivity index (χ1) is 9.02. The summed E-state index contributed by atoms with van der Waals surface area (Å²) in [5.74, 6) is 1.66. The minimum Gasteiger partial charge on any atom is -0.388 e. The number of benzene rings is 1. The number of halogens is 2. The lowest BCUT2D eigenvalue weighted by Crippen LogP contribution is -2.10. The van der Waals surface area contributed by atoms with Gasteiger partial charge in [0.1, 0.15) is 6.61 Å². The minimum atomic E-state index is -0.138. The normalized spacial score (nSPS) is 11.3. The van der Waals surface area contributed by atoms with Gasteiger partial charge in [0.15, 0.2) is 11.6 Å². The maximum Gasteiger partial charge on any atom is 0.164 e. The van der Waals surface area contributed by atoms with E-state index < -0.39 is 0 Å². The van der Waals surface area contributed by atoms with Crippen molar-refractivity contribution in [3.8, 4) is 11.4 Å². The standard InChI is InChI=1S/C13H15Cl2N3O/c1-8(2)6-18-12(7-19)16-17-13(18)9-3-4-10(14)11(15)5-9/h3-5,8,19H,6-7H2,1-2H3. The summed E-state index contributed by atoms with van der Waals surface area (Å²) < 4.78 is 1.91. The van der Waals surface area contributed by atoms with Gasteiger partial charge in [0.2, 0.25) is 0 Å². The third kappa shape index (κ3) is 3.08. The van der Waals surface area contributed by atoms with Gasteiger partial charge in [-0.1, -0.05) is 37.0 Å². The summed E-state index contributed by atoms with van der Waals surface area (Å²) in [7, 11) is 0. The predicted octanol–water partition coefficient (Wildman–Crippen LogP) is 3.40. The Balaban J connectivity index is 2.48. The van der Waals surface area contributed by atoms with E-state index in [1.54, 1.807) is 12.1 Å². The van der Waals surface area contributed by atoms with E-state index in [-0.39, 0.29) is 6.61 Å². The van der Waals surface area contributed by atoms with Gasteiger partial charge in [-0.05, 0) is 24.1 Å². The molecular formula is C13H15Cl2N3O. The van der Waals surface area contributed by atoms with Crippen molar-refractivity contribution in [1.82, 2.24) is 14.8 Å². The fourth-order valence-corrected chi connectivity index (χ4v) is 2.16. The SMILES string of the molecule is CC(C)Cn1c(CO)nnc1-c1ccc(Cl)c(Cl)c1. The van der Waals surface area contributed by atoms with Gasteiger partial charge in [0.25, 0.3) is 0 Å². The molecule has 4 nitrogen and oxygen atoms in total. The van der Waals surface area contributed by atoms with Crippen LogP contribution in [0.3, 0.4) is 0 Å². The highest BCUT2D eigenvalue weighted by atomic mass is 35.5. The molecule has 1 N–H and O–H groups in total. The highest BCUT2D eigenvalue weighted by molar-refractivity contribution is 6.42. The molecule has 1 aromatic carbocycles. The van der Waals surface area contributed by atoms with Crippen molar-refractivity contribution in [3.05, 3.63) is 34.1 Å². The van der Waals surface area contributed by atoms with Crippen molar-refractivity contribution < 1.29 is 5.11 Å². The molecule has 0 unspecified atom stereocenters. The zero-order valence-electron chi connectivity index (χ0n) is 10.8. The quantitative estimate of drug-likeness (QED) is 0.941. The van der Waals surface area contributed by atoms with Crippen LogP contribution in [0.2, 0.25) is 10.0 Å². The van der Waals surface area contributed by atoms with Crippen molar-refractivity contribution in [2.24, 2.45) is 5.92 Å². The molecule has 0 saturated heterocycles. The summed E-state index contributed by atoms with van der Waals surface area (Å²) in [5, 5.41) is 18.4. The third-order valence-electron chi connectivity index (χ3n) is 2.69. The van der Waals surface area contributed by atoms with Crippen LogP contribution >= 0.6 is 23.2 Å². The molecule has 0 spiro atoms. The van der Waals surface area contributed by atoms with Crippen LogP contribution in [-0.2, 0) is 13.2 Å². The van der Waals surface area contributed by atoms with Crippen LogP contribution in [0.4, 0.5) is 0 Å². The first kappa shape index (κ1) is 14.3. The predicted molar refractivity (Wildman–Crippen MR) is 76.2 cm³/mol. The molecule has 0 saturated carbocycles. The van der Waals surface area contributed by atoms with E-state index >= 15 is 0 Å². The molecule has 0 aliphatic rings. The molecule has 2 rings (SSSR count). The van der Waals surface area contributed by atoms with Crippen LogP contribution in [0.1, 0.15) is 19.7 Å². The summed E-state index contributed by atoms with van der Waals surface area (Å²) in [6.07, 6.45) is 0. The van der Waals surface area contributed by atoms with Crippen LogP contribution in [0.25, 0.3) is 11.4 Å². The van der Waals surface area contributed by atoms with E-state index in [1.165, 1.54) is 0 Å². The highest BCUT2D eigenvalue weighted by Crippen LogP contribution is 2.28. The molecule has 6 heteroatoms. The molecular weight excluding hydrogens is 285 g/mol. The van der Waals surface area contributed by atoms with E-state index in [0.717, 1.165) is 12.1 Å². The van der Waals surface area contributed by atoms with E-state index in [2.05, 4.69) is 24.0 Å². The zero-order chi connectivity index (χ0) is 14.0. The molecule has 0 radical (unpaired) electrons. The molecule has 1 heterocycles. The molecule has 0 atom stereocenters. The van der Waals surface area contributed by atoms with Crippen molar-refractivity contribution in [2.75, 3.05) is 0 Å². The first-order valence-corrected chi connectivity index (χ1v) is 6.77. The molecule has 0 fully saturated rings. The molecule has 0 amide bonds. The van der Waals surface area contributed by atoms with Crippen LogP contribution in [0.15, 0.2) is 18.2 Å². The van der Waals surface area contributed by atoms with E-state index in [0.29, 0.717) is 27.6 Å². The molecule has 0 bridgehead atoms. The number of hydrogen-bond donors (Lipinski definition) is 1. The van der Waals surface area contributed by atoms with Crippen molar-refractivity contribution in [2.45, 2.75) is 27.0 Å². The Bertz CT molecular complexity index is 581. The Morgan fingerprint density at radius 2 is 1.95 bits per heavy atom. The second-order valence-electron chi connectivity index (χ2n) is 4.73. The fourth-order valence-electron chi connectivity index (χ4n) is 1.86. The van der Waals surface area contributed by atoms with Gasteiger partial charge in [0.05, 0.1) is 10.0 Å². The van der Waals surface area contributed by atoms with Gasteiger partial charge >= 0.3 is 0 Å². The Morgan fingerprint density at radius 1 is 1.21 bits per heavy atom. The van der Waals surface area contributed by atoms with E-state index in [9.17, 15) is 5.11 Å². The van der Waals surface area contributed by atoms with Gasteiger partial charge in [0, 0.05) is 12.1 Å². The molecule has 2 aromatic rings. The van der Waals surface area contributed by atoms with Crippen LogP contribution in [0, 0.1) is 5.92 Å². The Labute approximate surface area is 122 Å².